The first-order valence-electron chi connectivity index (χ1n) is 11.5. The molecule has 0 radical (unpaired) electrons. The van der Waals surface area contributed by atoms with E-state index in [1.165, 1.54) is 29.6 Å². The van der Waals surface area contributed by atoms with E-state index in [9.17, 15) is 9.59 Å². The van der Waals surface area contributed by atoms with Crippen LogP contribution in [0.4, 0.5) is 0 Å². The van der Waals surface area contributed by atoms with E-state index in [0.717, 1.165) is 38.9 Å². The molecule has 5 rings (SSSR count). The number of nitrogens with zero attached hydrogens (tertiary/aromatic N) is 1. The number of ether oxygens (including phenoxy) is 1. The fourth-order valence-electron chi connectivity index (χ4n) is 6.59. The molecule has 4 fully saturated rings. The molecule has 4 aliphatic rings. The zero-order chi connectivity index (χ0) is 20.9. The third-order valence-corrected chi connectivity index (χ3v) is 8.32. The molecule has 0 spiro atoms. The summed E-state index contributed by atoms with van der Waals surface area (Å²) in [5.74, 6) is 1.19. The first-order chi connectivity index (χ1) is 14.4. The molecule has 2 saturated carbocycles. The Bertz CT molecular complexity index is 826. The van der Waals surface area contributed by atoms with E-state index in [4.69, 9.17) is 9.15 Å². The average molecular weight is 414 g/mol. The second kappa shape index (κ2) is 7.56. The van der Waals surface area contributed by atoms with Crippen LogP contribution in [0.1, 0.15) is 49.6 Å². The molecule has 6 nitrogen and oxygen atoms in total. The van der Waals surface area contributed by atoms with Crippen LogP contribution in [0, 0.1) is 23.2 Å². The molecule has 0 bridgehead atoms. The number of carbonyl (C=O) groups excluding carboxylic acids is 2. The molecule has 1 aromatic rings. The molecule has 1 N–H and O–H groups in total. The Labute approximate surface area is 178 Å². The van der Waals surface area contributed by atoms with Crippen molar-refractivity contribution in [2.45, 2.75) is 45.1 Å². The highest BCUT2D eigenvalue weighted by atomic mass is 16.6. The monoisotopic (exact) mass is 413 g/mol. The fourth-order valence-corrected chi connectivity index (χ4v) is 6.59. The Morgan fingerprint density at radius 1 is 1.37 bits per heavy atom. The number of carbonyl (C=O) groups is 2. The highest BCUT2D eigenvalue weighted by Gasteiger charge is 2.56. The zero-order valence-electron chi connectivity index (χ0n) is 17.9. The number of nitrogens with one attached hydrogen (secondary N) is 1. The number of hydrogen-bond donors (Lipinski definition) is 1. The van der Waals surface area contributed by atoms with Gasteiger partial charge in [-0.05, 0) is 55.6 Å². The number of amides is 1. The summed E-state index contributed by atoms with van der Waals surface area (Å²) in [5, 5.41) is 0. The van der Waals surface area contributed by atoms with Gasteiger partial charge < -0.3 is 19.0 Å². The summed E-state index contributed by atoms with van der Waals surface area (Å²) in [4.78, 5) is 28.5. The predicted octanol–water partition coefficient (Wildman–Crippen LogP) is 1.93. The first kappa shape index (κ1) is 19.9. The van der Waals surface area contributed by atoms with Crippen LogP contribution in [0.15, 0.2) is 35.0 Å². The summed E-state index contributed by atoms with van der Waals surface area (Å²) >= 11 is 0. The summed E-state index contributed by atoms with van der Waals surface area (Å²) in [6.07, 6.45) is 7.22. The number of allylic oxidation sites excluding steroid dienone is 1. The van der Waals surface area contributed by atoms with E-state index >= 15 is 0 Å². The van der Waals surface area contributed by atoms with Crippen LogP contribution < -0.4 is 4.90 Å². The molecule has 30 heavy (non-hydrogen) atoms. The van der Waals surface area contributed by atoms with Gasteiger partial charge in [0.2, 0.25) is 0 Å². The van der Waals surface area contributed by atoms with Crippen molar-refractivity contribution >= 4 is 11.9 Å². The lowest BCUT2D eigenvalue weighted by Gasteiger charge is -2.50. The Balaban J connectivity index is 1.21. The summed E-state index contributed by atoms with van der Waals surface area (Å²) < 4.78 is 11.2. The number of fused-ring (bicyclic) bond motifs is 2. The zero-order valence-corrected chi connectivity index (χ0v) is 17.9. The van der Waals surface area contributed by atoms with Gasteiger partial charge in [0.25, 0.3) is 5.91 Å². The molecule has 0 aromatic carbocycles. The minimum atomic E-state index is -0.0400. The Morgan fingerprint density at radius 3 is 2.90 bits per heavy atom. The van der Waals surface area contributed by atoms with Crippen LogP contribution >= 0.6 is 0 Å². The van der Waals surface area contributed by atoms with E-state index in [1.54, 1.807) is 12.1 Å². The van der Waals surface area contributed by atoms with Gasteiger partial charge in [-0.25, -0.2) is 0 Å². The van der Waals surface area contributed by atoms with E-state index < -0.39 is 0 Å². The van der Waals surface area contributed by atoms with E-state index in [0.29, 0.717) is 30.7 Å². The molecule has 1 aromatic heterocycles. The number of esters is 1. The van der Waals surface area contributed by atoms with E-state index in [1.807, 2.05) is 4.90 Å². The van der Waals surface area contributed by atoms with Crippen molar-refractivity contribution in [1.82, 2.24) is 4.90 Å². The van der Waals surface area contributed by atoms with Crippen molar-refractivity contribution in [2.75, 3.05) is 32.7 Å². The summed E-state index contributed by atoms with van der Waals surface area (Å²) in [7, 11) is 0. The van der Waals surface area contributed by atoms with Gasteiger partial charge in [-0.15, -0.1) is 0 Å². The van der Waals surface area contributed by atoms with Crippen LogP contribution in [0.25, 0.3) is 0 Å². The largest absolute Gasteiger partial charge is 0.462 e. The standard InChI is InChI=1S/C24H32N2O4/c1-16-5-3-7-24(2)14-21-17(13-19(16)24)18(23(28)30-21)15-25-8-10-26(11-9-25)22(27)20-6-4-12-29-20/h4,6,12,17-19,21H,1,3,5,7-11,13-15H2,2H3/p+1/t17-,18-,19+,21+,24-/m0/s1. The van der Waals surface area contributed by atoms with E-state index in [2.05, 4.69) is 13.5 Å². The molecule has 3 heterocycles. The van der Waals surface area contributed by atoms with Gasteiger partial charge in [0.05, 0.1) is 39.0 Å². The van der Waals surface area contributed by atoms with Crippen LogP contribution in [0.5, 0.6) is 0 Å². The molecule has 162 valence electrons. The van der Waals surface area contributed by atoms with Crippen molar-refractivity contribution in [1.29, 1.82) is 0 Å². The lowest BCUT2D eigenvalue weighted by molar-refractivity contribution is -0.906. The van der Waals surface area contributed by atoms with Crippen molar-refractivity contribution in [2.24, 2.45) is 23.2 Å². The molecule has 2 aliphatic carbocycles. The average Bonchev–Trinajstić information content (AvgIpc) is 3.35. The van der Waals surface area contributed by atoms with Crippen LogP contribution in [-0.4, -0.2) is 55.6 Å². The van der Waals surface area contributed by atoms with Gasteiger partial charge in [-0.2, -0.15) is 0 Å². The second-order valence-corrected chi connectivity index (χ2v) is 10.1. The Hall–Kier alpha value is -2.08. The van der Waals surface area contributed by atoms with Crippen LogP contribution in [0.2, 0.25) is 0 Å². The normalized spacial score (nSPS) is 36.9. The molecule has 5 atom stereocenters. The third kappa shape index (κ3) is 3.39. The van der Waals surface area contributed by atoms with Gasteiger partial charge in [0.15, 0.2) is 5.76 Å². The first-order valence-corrected chi connectivity index (χ1v) is 11.5. The maximum absolute atomic E-state index is 12.8. The summed E-state index contributed by atoms with van der Waals surface area (Å²) in [6.45, 7) is 10.7. The highest BCUT2D eigenvalue weighted by Crippen LogP contribution is 2.56. The molecule has 1 amide bonds. The number of furan rings is 1. The van der Waals surface area contributed by atoms with Gasteiger partial charge in [-0.3, -0.25) is 9.59 Å². The number of rotatable bonds is 3. The minimum Gasteiger partial charge on any atom is -0.462 e. The summed E-state index contributed by atoms with van der Waals surface area (Å²) in [6, 6.07) is 3.46. The van der Waals surface area contributed by atoms with Gasteiger partial charge >= 0.3 is 5.97 Å². The number of hydrogen-bond acceptors (Lipinski definition) is 4. The SMILES string of the molecule is C=C1CCC[C@@]2(C)C[C@H]3OC(=O)[C@@H](C[NH+]4CCN(C(=O)c5ccco5)CC4)[C@@H]3C[C@H]12. The summed E-state index contributed by atoms with van der Waals surface area (Å²) in [5.41, 5.74) is 1.63. The molecule has 0 unspecified atom stereocenters. The topological polar surface area (TPSA) is 64.2 Å². The number of quaternary nitrogens is 1. The van der Waals surface area contributed by atoms with Gasteiger partial charge in [0.1, 0.15) is 12.0 Å². The van der Waals surface area contributed by atoms with Gasteiger partial charge in [-0.1, -0.05) is 19.1 Å². The Kier molecular flexibility index (Phi) is 5.00. The van der Waals surface area contributed by atoms with Crippen molar-refractivity contribution in [3.05, 3.63) is 36.3 Å². The highest BCUT2D eigenvalue weighted by molar-refractivity contribution is 5.91. The van der Waals surface area contributed by atoms with E-state index in [-0.39, 0.29) is 29.3 Å². The fraction of sp³-hybridized carbons (Fsp3) is 0.667. The van der Waals surface area contributed by atoms with Crippen LogP contribution in [-0.2, 0) is 9.53 Å². The molecular formula is C24H33N2O4+. The molecular weight excluding hydrogens is 380 g/mol. The van der Waals surface area contributed by atoms with Crippen molar-refractivity contribution in [3.8, 4) is 0 Å². The molecule has 2 saturated heterocycles. The van der Waals surface area contributed by atoms with Crippen LogP contribution in [0.3, 0.4) is 0 Å². The van der Waals surface area contributed by atoms with Gasteiger partial charge in [0, 0.05) is 5.92 Å². The predicted molar refractivity (Wildman–Crippen MR) is 111 cm³/mol. The molecule has 6 heteroatoms. The second-order valence-electron chi connectivity index (χ2n) is 10.1. The molecule has 2 aliphatic heterocycles. The van der Waals surface area contributed by atoms with Crippen molar-refractivity contribution in [3.63, 3.8) is 0 Å². The maximum Gasteiger partial charge on any atom is 0.315 e. The quantitative estimate of drug-likeness (QED) is 0.608. The third-order valence-electron chi connectivity index (χ3n) is 8.32. The number of piperazine rings is 1. The Morgan fingerprint density at radius 2 is 2.17 bits per heavy atom. The maximum atomic E-state index is 12.8. The lowest BCUT2D eigenvalue weighted by Crippen LogP contribution is -3.15. The smallest absolute Gasteiger partial charge is 0.315 e. The minimum absolute atomic E-state index is 0.000509. The van der Waals surface area contributed by atoms with Crippen molar-refractivity contribution < 1.29 is 23.6 Å². The lowest BCUT2D eigenvalue weighted by atomic mass is 9.55.